The molecule has 2 amide bonds. The molecule has 2 aliphatic rings. The molecule has 1 aromatic heterocycles. The summed E-state index contributed by atoms with van der Waals surface area (Å²) in [6, 6.07) is 11.5. The summed E-state index contributed by atoms with van der Waals surface area (Å²) in [5, 5.41) is 3.28. The van der Waals surface area contributed by atoms with Crippen LogP contribution in [0.1, 0.15) is 29.5 Å². The summed E-state index contributed by atoms with van der Waals surface area (Å²) in [6.45, 7) is 6.02. The standard InChI is InChI=1S/C23H29N5O3.HI/c1-2-24-23(27-14-12-26(13-15-27)22(30)20-10-6-16-31-20)25-17-21(29)28-11-5-8-18-7-3-4-9-19(18)28;/h3-4,6-7,9-10,16H,2,5,8,11-15,17H2,1H3,(H,24,25);1H. The highest BCUT2D eigenvalue weighted by molar-refractivity contribution is 14.0. The van der Waals surface area contributed by atoms with Crippen molar-refractivity contribution in [3.63, 3.8) is 0 Å². The molecule has 4 rings (SSSR count). The van der Waals surface area contributed by atoms with Gasteiger partial charge in [-0.3, -0.25) is 9.59 Å². The number of para-hydroxylation sites is 1. The second kappa shape index (κ2) is 11.3. The number of rotatable bonds is 4. The number of furan rings is 1. The zero-order valence-corrected chi connectivity index (χ0v) is 20.7. The number of benzene rings is 1. The monoisotopic (exact) mass is 551 g/mol. The second-order valence-electron chi connectivity index (χ2n) is 7.70. The summed E-state index contributed by atoms with van der Waals surface area (Å²) in [4.78, 5) is 35.8. The number of fused-ring (bicyclic) bond motifs is 1. The molecule has 0 saturated carbocycles. The first-order chi connectivity index (χ1) is 15.2. The van der Waals surface area contributed by atoms with E-state index in [2.05, 4.69) is 21.3 Å². The molecule has 172 valence electrons. The molecule has 2 aromatic rings. The van der Waals surface area contributed by atoms with Gasteiger partial charge in [0.05, 0.1) is 6.26 Å². The van der Waals surface area contributed by atoms with Crippen molar-refractivity contribution in [2.45, 2.75) is 19.8 Å². The Balaban J connectivity index is 0.00000289. The number of anilines is 1. The third-order valence-electron chi connectivity index (χ3n) is 5.71. The zero-order chi connectivity index (χ0) is 21.6. The molecule has 0 aliphatic carbocycles. The minimum absolute atomic E-state index is 0. The number of hydrogen-bond donors (Lipinski definition) is 1. The number of hydrogen-bond acceptors (Lipinski definition) is 4. The Bertz CT molecular complexity index is 939. The Morgan fingerprint density at radius 2 is 1.78 bits per heavy atom. The van der Waals surface area contributed by atoms with Gasteiger partial charge in [-0.1, -0.05) is 18.2 Å². The highest BCUT2D eigenvalue weighted by atomic mass is 127. The van der Waals surface area contributed by atoms with Crippen molar-refractivity contribution in [2.24, 2.45) is 4.99 Å². The SMILES string of the molecule is CCNC(=NCC(=O)N1CCCc2ccccc21)N1CCN(C(=O)c2ccco2)CC1.I. The fraction of sp³-hybridized carbons (Fsp3) is 0.435. The first-order valence-electron chi connectivity index (χ1n) is 10.9. The van der Waals surface area contributed by atoms with Gasteiger partial charge < -0.3 is 24.4 Å². The fourth-order valence-electron chi connectivity index (χ4n) is 4.12. The van der Waals surface area contributed by atoms with E-state index >= 15 is 0 Å². The van der Waals surface area contributed by atoms with E-state index in [4.69, 9.17) is 4.42 Å². The molecule has 1 fully saturated rings. The molecule has 9 heteroatoms. The molecule has 32 heavy (non-hydrogen) atoms. The smallest absolute Gasteiger partial charge is 0.289 e. The van der Waals surface area contributed by atoms with Crippen LogP contribution in [0.2, 0.25) is 0 Å². The van der Waals surface area contributed by atoms with E-state index in [0.717, 1.165) is 25.1 Å². The maximum absolute atomic E-state index is 12.9. The van der Waals surface area contributed by atoms with Crippen molar-refractivity contribution < 1.29 is 14.0 Å². The molecule has 0 radical (unpaired) electrons. The molecule has 1 aromatic carbocycles. The molecule has 1 N–H and O–H groups in total. The Kier molecular flexibility index (Phi) is 8.54. The lowest BCUT2D eigenvalue weighted by molar-refractivity contribution is -0.117. The van der Waals surface area contributed by atoms with Crippen LogP contribution >= 0.6 is 24.0 Å². The average molecular weight is 551 g/mol. The lowest BCUT2D eigenvalue weighted by Crippen LogP contribution is -2.54. The molecular formula is C23H30IN5O3. The van der Waals surface area contributed by atoms with Crippen molar-refractivity contribution in [3.8, 4) is 0 Å². The third kappa shape index (κ3) is 5.43. The van der Waals surface area contributed by atoms with Gasteiger partial charge in [-0.25, -0.2) is 4.99 Å². The van der Waals surface area contributed by atoms with Crippen molar-refractivity contribution >= 4 is 47.4 Å². The van der Waals surface area contributed by atoms with Gasteiger partial charge in [0.1, 0.15) is 6.54 Å². The number of aliphatic imine (C=N–C) groups is 1. The summed E-state index contributed by atoms with van der Waals surface area (Å²) < 4.78 is 5.23. The Labute approximate surface area is 205 Å². The summed E-state index contributed by atoms with van der Waals surface area (Å²) in [5.74, 6) is 0.993. The van der Waals surface area contributed by atoms with Gasteiger partial charge in [0.25, 0.3) is 5.91 Å². The molecule has 1 saturated heterocycles. The number of carbonyl (C=O) groups is 2. The summed E-state index contributed by atoms with van der Waals surface area (Å²) >= 11 is 0. The first kappa shape index (κ1) is 24.1. The number of amides is 2. The Hall–Kier alpha value is -2.56. The van der Waals surface area contributed by atoms with Crippen LogP contribution in [0.5, 0.6) is 0 Å². The van der Waals surface area contributed by atoms with Gasteiger partial charge in [0.2, 0.25) is 5.91 Å². The second-order valence-corrected chi connectivity index (χ2v) is 7.70. The van der Waals surface area contributed by atoms with E-state index in [1.807, 2.05) is 30.0 Å². The number of nitrogens with one attached hydrogen (secondary N) is 1. The number of aryl methyl sites for hydroxylation is 1. The highest BCUT2D eigenvalue weighted by Gasteiger charge is 2.26. The molecule has 2 aliphatic heterocycles. The Morgan fingerprint density at radius 3 is 2.50 bits per heavy atom. The van der Waals surface area contributed by atoms with Gasteiger partial charge >= 0.3 is 0 Å². The van der Waals surface area contributed by atoms with Crippen LogP contribution in [0.25, 0.3) is 0 Å². The summed E-state index contributed by atoms with van der Waals surface area (Å²) in [7, 11) is 0. The predicted octanol–water partition coefficient (Wildman–Crippen LogP) is 2.60. The molecule has 3 heterocycles. The van der Waals surface area contributed by atoms with Crippen LogP contribution in [0.3, 0.4) is 0 Å². The van der Waals surface area contributed by atoms with Gasteiger partial charge in [-0.05, 0) is 43.5 Å². The minimum atomic E-state index is -0.0921. The predicted molar refractivity (Wildman–Crippen MR) is 135 cm³/mol. The molecule has 0 unspecified atom stereocenters. The maximum atomic E-state index is 12.9. The van der Waals surface area contributed by atoms with Gasteiger partial charge in [0.15, 0.2) is 11.7 Å². The molecular weight excluding hydrogens is 521 g/mol. The van der Waals surface area contributed by atoms with Gasteiger partial charge in [0, 0.05) is 45.0 Å². The van der Waals surface area contributed by atoms with Crippen LogP contribution in [0, 0.1) is 0 Å². The normalized spacial score (nSPS) is 16.3. The summed E-state index contributed by atoms with van der Waals surface area (Å²) in [5.41, 5.74) is 2.22. The van der Waals surface area contributed by atoms with E-state index in [0.29, 0.717) is 44.4 Å². The lowest BCUT2D eigenvalue weighted by Gasteiger charge is -2.36. The lowest BCUT2D eigenvalue weighted by atomic mass is 10.0. The van der Waals surface area contributed by atoms with Crippen LogP contribution in [-0.2, 0) is 11.2 Å². The molecule has 0 spiro atoms. The van der Waals surface area contributed by atoms with E-state index in [1.54, 1.807) is 17.0 Å². The van der Waals surface area contributed by atoms with E-state index in [-0.39, 0.29) is 42.3 Å². The highest BCUT2D eigenvalue weighted by Crippen LogP contribution is 2.26. The van der Waals surface area contributed by atoms with E-state index in [1.165, 1.54) is 11.8 Å². The number of guanidine groups is 1. The van der Waals surface area contributed by atoms with Crippen molar-refractivity contribution in [2.75, 3.05) is 50.7 Å². The number of halogens is 1. The first-order valence-corrected chi connectivity index (χ1v) is 10.9. The van der Waals surface area contributed by atoms with Gasteiger partial charge in [-0.2, -0.15) is 0 Å². The number of piperazine rings is 1. The third-order valence-corrected chi connectivity index (χ3v) is 5.71. The topological polar surface area (TPSA) is 81.4 Å². The van der Waals surface area contributed by atoms with Crippen LogP contribution in [-0.4, -0.2) is 73.4 Å². The Morgan fingerprint density at radius 1 is 1.03 bits per heavy atom. The summed E-state index contributed by atoms with van der Waals surface area (Å²) in [6.07, 6.45) is 3.49. The van der Waals surface area contributed by atoms with E-state index < -0.39 is 0 Å². The van der Waals surface area contributed by atoms with Crippen molar-refractivity contribution in [1.82, 2.24) is 15.1 Å². The molecule has 0 atom stereocenters. The average Bonchev–Trinajstić information content (AvgIpc) is 3.36. The van der Waals surface area contributed by atoms with Crippen molar-refractivity contribution in [3.05, 3.63) is 54.0 Å². The number of carbonyl (C=O) groups excluding carboxylic acids is 2. The van der Waals surface area contributed by atoms with Gasteiger partial charge in [-0.15, -0.1) is 24.0 Å². The number of nitrogens with zero attached hydrogens (tertiary/aromatic N) is 4. The van der Waals surface area contributed by atoms with Crippen LogP contribution < -0.4 is 10.2 Å². The quantitative estimate of drug-likeness (QED) is 0.359. The fourth-order valence-corrected chi connectivity index (χ4v) is 4.12. The zero-order valence-electron chi connectivity index (χ0n) is 18.3. The van der Waals surface area contributed by atoms with E-state index in [9.17, 15) is 9.59 Å². The largest absolute Gasteiger partial charge is 0.459 e. The molecule has 0 bridgehead atoms. The minimum Gasteiger partial charge on any atom is -0.459 e. The molecule has 8 nitrogen and oxygen atoms in total. The maximum Gasteiger partial charge on any atom is 0.289 e. The van der Waals surface area contributed by atoms with Crippen LogP contribution in [0.15, 0.2) is 52.1 Å². The van der Waals surface area contributed by atoms with Crippen molar-refractivity contribution in [1.29, 1.82) is 0 Å². The van der Waals surface area contributed by atoms with Crippen LogP contribution in [0.4, 0.5) is 5.69 Å².